The van der Waals surface area contributed by atoms with Crippen molar-refractivity contribution >= 4 is 14.3 Å². The van der Waals surface area contributed by atoms with Gasteiger partial charge in [0.1, 0.15) is 0 Å². The fourth-order valence-electron chi connectivity index (χ4n) is 1.93. The predicted molar refractivity (Wildman–Crippen MR) is 80.6 cm³/mol. The predicted octanol–water partition coefficient (Wildman–Crippen LogP) is 4.05. The van der Waals surface area contributed by atoms with Crippen molar-refractivity contribution in [3.8, 4) is 0 Å². The SMILES string of the molecule is CCOC(=O)C1=CCCCC1O[Si](C)(C)C(C)(C)C. The molecule has 19 heavy (non-hydrogen) atoms. The number of esters is 1. The molecule has 0 aromatic heterocycles. The number of carbonyl (C=O) groups excluding carboxylic acids is 1. The van der Waals surface area contributed by atoms with Crippen LogP contribution in [-0.4, -0.2) is 27.0 Å². The molecular formula is C15H28O3Si. The molecule has 0 aromatic rings. The Morgan fingerprint density at radius 3 is 2.58 bits per heavy atom. The molecule has 0 N–H and O–H groups in total. The van der Waals surface area contributed by atoms with Gasteiger partial charge in [0.05, 0.1) is 18.3 Å². The van der Waals surface area contributed by atoms with Crippen molar-refractivity contribution < 1.29 is 14.0 Å². The number of hydrogen-bond acceptors (Lipinski definition) is 3. The standard InChI is InChI=1S/C15H28O3Si/c1-7-17-14(16)12-10-8-9-11-13(12)18-19(5,6)15(2,3)4/h10,13H,7-9,11H2,1-6H3. The van der Waals surface area contributed by atoms with Gasteiger partial charge in [-0.1, -0.05) is 26.8 Å². The zero-order chi connectivity index (χ0) is 14.7. The summed E-state index contributed by atoms with van der Waals surface area (Å²) >= 11 is 0. The zero-order valence-electron chi connectivity index (χ0n) is 13.2. The Morgan fingerprint density at radius 2 is 2.05 bits per heavy atom. The third kappa shape index (κ3) is 4.18. The van der Waals surface area contributed by atoms with Crippen LogP contribution in [0.4, 0.5) is 0 Å². The van der Waals surface area contributed by atoms with E-state index in [0.717, 1.165) is 24.8 Å². The van der Waals surface area contributed by atoms with Gasteiger partial charge in [-0.05, 0) is 44.3 Å². The van der Waals surface area contributed by atoms with Gasteiger partial charge < -0.3 is 9.16 Å². The van der Waals surface area contributed by atoms with Gasteiger partial charge in [-0.25, -0.2) is 4.79 Å². The van der Waals surface area contributed by atoms with Crippen molar-refractivity contribution in [3.63, 3.8) is 0 Å². The lowest BCUT2D eigenvalue weighted by atomic mass is 9.97. The molecule has 0 radical (unpaired) electrons. The van der Waals surface area contributed by atoms with Gasteiger partial charge in [0.2, 0.25) is 0 Å². The highest BCUT2D eigenvalue weighted by atomic mass is 28.4. The van der Waals surface area contributed by atoms with Crippen LogP contribution >= 0.6 is 0 Å². The third-order valence-electron chi connectivity index (χ3n) is 4.14. The molecule has 1 aliphatic rings. The lowest BCUT2D eigenvalue weighted by molar-refractivity contribution is -0.139. The summed E-state index contributed by atoms with van der Waals surface area (Å²) in [5, 5.41) is 0.157. The van der Waals surface area contributed by atoms with E-state index in [9.17, 15) is 4.79 Å². The maximum Gasteiger partial charge on any atom is 0.336 e. The van der Waals surface area contributed by atoms with E-state index in [2.05, 4.69) is 33.9 Å². The van der Waals surface area contributed by atoms with Gasteiger partial charge in [0, 0.05) is 0 Å². The minimum absolute atomic E-state index is 0.0753. The maximum absolute atomic E-state index is 12.0. The molecule has 0 saturated carbocycles. The smallest absolute Gasteiger partial charge is 0.336 e. The second-order valence-electron chi connectivity index (χ2n) is 6.68. The average molecular weight is 284 g/mol. The van der Waals surface area contributed by atoms with Crippen LogP contribution in [0.15, 0.2) is 11.6 Å². The lowest BCUT2D eigenvalue weighted by Gasteiger charge is -2.40. The first kappa shape index (κ1) is 16.4. The molecule has 1 rings (SSSR count). The summed E-state index contributed by atoms with van der Waals surface area (Å²) in [6, 6.07) is 0. The first-order valence-corrected chi connectivity index (χ1v) is 10.1. The summed E-state index contributed by atoms with van der Waals surface area (Å²) in [7, 11) is -1.85. The molecule has 0 aliphatic heterocycles. The molecule has 0 heterocycles. The first-order valence-electron chi connectivity index (χ1n) is 7.24. The Bertz CT molecular complexity index is 353. The van der Waals surface area contributed by atoms with E-state index in [-0.39, 0.29) is 17.1 Å². The van der Waals surface area contributed by atoms with Gasteiger partial charge >= 0.3 is 5.97 Å². The molecule has 3 nitrogen and oxygen atoms in total. The van der Waals surface area contributed by atoms with Crippen LogP contribution in [0.3, 0.4) is 0 Å². The van der Waals surface area contributed by atoms with Crippen molar-refractivity contribution in [1.29, 1.82) is 0 Å². The molecule has 0 fully saturated rings. The first-order chi connectivity index (χ1) is 8.69. The van der Waals surface area contributed by atoms with E-state index in [1.165, 1.54) is 0 Å². The Balaban J connectivity index is 2.84. The van der Waals surface area contributed by atoms with E-state index in [0.29, 0.717) is 6.61 Å². The molecule has 0 saturated heterocycles. The van der Waals surface area contributed by atoms with E-state index in [4.69, 9.17) is 9.16 Å². The van der Waals surface area contributed by atoms with Crippen molar-refractivity contribution in [1.82, 2.24) is 0 Å². The van der Waals surface area contributed by atoms with Crippen LogP contribution in [-0.2, 0) is 14.0 Å². The highest BCUT2D eigenvalue weighted by Gasteiger charge is 2.41. The highest BCUT2D eigenvalue weighted by Crippen LogP contribution is 2.39. The topological polar surface area (TPSA) is 35.5 Å². The third-order valence-corrected chi connectivity index (χ3v) is 8.62. The van der Waals surface area contributed by atoms with Gasteiger partial charge in [0.25, 0.3) is 0 Å². The van der Waals surface area contributed by atoms with Crippen molar-refractivity contribution in [3.05, 3.63) is 11.6 Å². The zero-order valence-corrected chi connectivity index (χ0v) is 14.2. The summed E-state index contributed by atoms with van der Waals surface area (Å²) in [6.07, 6.45) is 4.89. The van der Waals surface area contributed by atoms with Crippen LogP contribution in [0, 0.1) is 0 Å². The maximum atomic E-state index is 12.0. The molecule has 0 spiro atoms. The van der Waals surface area contributed by atoms with Gasteiger partial charge in [0.15, 0.2) is 8.32 Å². The summed E-state index contributed by atoms with van der Waals surface area (Å²) in [5.41, 5.74) is 0.734. The number of carbonyl (C=O) groups is 1. The van der Waals surface area contributed by atoms with Gasteiger partial charge in [-0.2, -0.15) is 0 Å². The number of allylic oxidation sites excluding steroid dienone is 1. The van der Waals surface area contributed by atoms with Crippen molar-refractivity contribution in [2.24, 2.45) is 0 Å². The second kappa shape index (κ2) is 6.22. The molecule has 1 unspecified atom stereocenters. The largest absolute Gasteiger partial charge is 0.463 e. The highest BCUT2D eigenvalue weighted by molar-refractivity contribution is 6.74. The number of ether oxygens (including phenoxy) is 1. The van der Waals surface area contributed by atoms with Crippen LogP contribution in [0.1, 0.15) is 47.0 Å². The molecule has 0 aromatic carbocycles. The van der Waals surface area contributed by atoms with Gasteiger partial charge in [-0.15, -0.1) is 0 Å². The van der Waals surface area contributed by atoms with E-state index in [1.807, 2.05) is 13.0 Å². The average Bonchev–Trinajstić information content (AvgIpc) is 2.28. The molecule has 4 heteroatoms. The second-order valence-corrected chi connectivity index (χ2v) is 11.4. The minimum atomic E-state index is -1.85. The molecular weight excluding hydrogens is 256 g/mol. The van der Waals surface area contributed by atoms with E-state index >= 15 is 0 Å². The van der Waals surface area contributed by atoms with Crippen molar-refractivity contribution in [2.75, 3.05) is 6.61 Å². The summed E-state index contributed by atoms with van der Waals surface area (Å²) < 4.78 is 11.5. The Kier molecular flexibility index (Phi) is 5.39. The number of hydrogen-bond donors (Lipinski definition) is 0. The van der Waals surface area contributed by atoms with E-state index in [1.54, 1.807) is 0 Å². The molecule has 0 bridgehead atoms. The van der Waals surface area contributed by atoms with Gasteiger partial charge in [-0.3, -0.25) is 0 Å². The van der Waals surface area contributed by atoms with Crippen LogP contribution in [0.25, 0.3) is 0 Å². The normalized spacial score (nSPS) is 20.9. The molecule has 1 atom stereocenters. The number of rotatable bonds is 4. The molecule has 1 aliphatic carbocycles. The lowest BCUT2D eigenvalue weighted by Crippen LogP contribution is -2.45. The quantitative estimate of drug-likeness (QED) is 0.577. The van der Waals surface area contributed by atoms with Crippen LogP contribution < -0.4 is 0 Å². The fraction of sp³-hybridized carbons (Fsp3) is 0.800. The Hall–Kier alpha value is -0.613. The summed E-state index contributed by atoms with van der Waals surface area (Å²) in [6.45, 7) is 13.4. The minimum Gasteiger partial charge on any atom is -0.463 e. The van der Waals surface area contributed by atoms with Crippen molar-refractivity contribution in [2.45, 2.75) is 71.2 Å². The fourth-order valence-corrected chi connectivity index (χ4v) is 3.24. The molecule has 110 valence electrons. The Labute approximate surface area is 118 Å². The molecule has 0 amide bonds. The monoisotopic (exact) mass is 284 g/mol. The van der Waals surface area contributed by atoms with Crippen LogP contribution in [0.2, 0.25) is 18.1 Å². The summed E-state index contributed by atoms with van der Waals surface area (Å²) in [4.78, 5) is 12.0. The van der Waals surface area contributed by atoms with Crippen LogP contribution in [0.5, 0.6) is 0 Å². The van der Waals surface area contributed by atoms with E-state index < -0.39 is 8.32 Å². The Morgan fingerprint density at radius 1 is 1.42 bits per heavy atom. The summed E-state index contributed by atoms with van der Waals surface area (Å²) in [5.74, 6) is -0.203.